The lowest BCUT2D eigenvalue weighted by molar-refractivity contribution is 0.203. The Morgan fingerprint density at radius 2 is 1.81 bits per heavy atom. The number of rotatable bonds is 6. The molecule has 1 N–H and O–H groups in total. The van der Waals surface area contributed by atoms with Crippen molar-refractivity contribution >= 4 is 5.82 Å². The van der Waals surface area contributed by atoms with Gasteiger partial charge in [0.15, 0.2) is 0 Å². The third-order valence-corrected chi connectivity index (χ3v) is 6.20. The third-order valence-electron chi connectivity index (χ3n) is 6.20. The Morgan fingerprint density at radius 1 is 1.09 bits per heavy atom. The first kappa shape index (κ1) is 21.9. The molecule has 1 unspecified atom stereocenters. The molecule has 0 bridgehead atoms. The second-order valence-electron chi connectivity index (χ2n) is 7.99. The van der Waals surface area contributed by atoms with E-state index in [1.165, 1.54) is 0 Å². The van der Waals surface area contributed by atoms with Crippen molar-refractivity contribution in [1.82, 2.24) is 14.5 Å². The van der Waals surface area contributed by atoms with E-state index in [9.17, 15) is 9.90 Å². The summed E-state index contributed by atoms with van der Waals surface area (Å²) in [7, 11) is 1.63. The van der Waals surface area contributed by atoms with Crippen molar-refractivity contribution in [1.29, 1.82) is 0 Å². The highest BCUT2D eigenvalue weighted by molar-refractivity contribution is 5.47. The maximum absolute atomic E-state index is 13.5. The quantitative estimate of drug-likeness (QED) is 0.643. The number of pyridine rings is 2. The van der Waals surface area contributed by atoms with Crippen LogP contribution < -0.4 is 15.2 Å². The van der Waals surface area contributed by atoms with Gasteiger partial charge in [-0.3, -0.25) is 9.69 Å². The predicted octanol–water partition coefficient (Wildman–Crippen LogP) is 3.20. The van der Waals surface area contributed by atoms with Crippen LogP contribution in [0.25, 0.3) is 0 Å². The summed E-state index contributed by atoms with van der Waals surface area (Å²) in [5, 5.41) is 10.9. The fourth-order valence-electron chi connectivity index (χ4n) is 4.60. The topological polar surface area (TPSA) is 70.8 Å². The van der Waals surface area contributed by atoms with Gasteiger partial charge in [0.2, 0.25) is 0 Å². The third kappa shape index (κ3) is 4.08. The van der Waals surface area contributed by atoms with Crippen LogP contribution in [0.4, 0.5) is 5.82 Å². The molecule has 3 aromatic rings. The smallest absolute Gasteiger partial charge is 0.259 e. The molecule has 168 valence electrons. The summed E-state index contributed by atoms with van der Waals surface area (Å²) in [5.41, 5.74) is 1.86. The average molecular weight is 435 g/mol. The lowest BCUT2D eigenvalue weighted by Crippen LogP contribution is -2.49. The normalized spacial score (nSPS) is 15.5. The molecule has 1 aliphatic rings. The predicted molar refractivity (Wildman–Crippen MR) is 126 cm³/mol. The molecule has 0 radical (unpaired) electrons. The Morgan fingerprint density at radius 3 is 2.47 bits per heavy atom. The van der Waals surface area contributed by atoms with Gasteiger partial charge in [0, 0.05) is 50.2 Å². The summed E-state index contributed by atoms with van der Waals surface area (Å²) in [6, 6.07) is 14.9. The molecule has 1 fully saturated rings. The Labute approximate surface area is 188 Å². The van der Waals surface area contributed by atoms with Crippen molar-refractivity contribution in [3.05, 3.63) is 81.9 Å². The minimum absolute atomic E-state index is 0.0280. The number of aromatic hydroxyl groups is 1. The van der Waals surface area contributed by atoms with Crippen LogP contribution >= 0.6 is 0 Å². The summed E-state index contributed by atoms with van der Waals surface area (Å²) in [6.07, 6.45) is 1.80. The maximum atomic E-state index is 13.5. The second-order valence-corrected chi connectivity index (χ2v) is 7.99. The summed E-state index contributed by atoms with van der Waals surface area (Å²) < 4.78 is 7.36. The number of hydrogen-bond donors (Lipinski definition) is 1. The number of hydrogen-bond acceptors (Lipinski definition) is 6. The van der Waals surface area contributed by atoms with E-state index in [1.807, 2.05) is 56.3 Å². The van der Waals surface area contributed by atoms with Crippen molar-refractivity contribution in [2.24, 2.45) is 0 Å². The molecule has 0 saturated carbocycles. The van der Waals surface area contributed by atoms with Gasteiger partial charge in [-0.1, -0.05) is 24.3 Å². The van der Waals surface area contributed by atoms with Crippen LogP contribution in [0.1, 0.15) is 29.8 Å². The highest BCUT2D eigenvalue weighted by Crippen LogP contribution is 2.37. The lowest BCUT2D eigenvalue weighted by atomic mass is 9.95. The number of nitrogens with zero attached hydrogens (tertiary/aromatic N) is 4. The first-order valence-corrected chi connectivity index (χ1v) is 11.0. The van der Waals surface area contributed by atoms with Gasteiger partial charge >= 0.3 is 0 Å². The van der Waals surface area contributed by atoms with Crippen LogP contribution in [0, 0.1) is 6.92 Å². The van der Waals surface area contributed by atoms with Crippen molar-refractivity contribution in [2.75, 3.05) is 38.2 Å². The van der Waals surface area contributed by atoms with Gasteiger partial charge in [-0.15, -0.1) is 0 Å². The van der Waals surface area contributed by atoms with Gasteiger partial charge < -0.3 is 19.3 Å². The van der Waals surface area contributed by atoms with E-state index in [1.54, 1.807) is 23.9 Å². The first-order valence-electron chi connectivity index (χ1n) is 11.0. The van der Waals surface area contributed by atoms with Crippen LogP contribution in [0.5, 0.6) is 11.5 Å². The van der Waals surface area contributed by atoms with Crippen LogP contribution in [-0.4, -0.2) is 52.8 Å². The van der Waals surface area contributed by atoms with Crippen molar-refractivity contribution in [2.45, 2.75) is 26.4 Å². The van der Waals surface area contributed by atoms with E-state index >= 15 is 0 Å². The highest BCUT2D eigenvalue weighted by atomic mass is 16.5. The number of ether oxygens (including phenoxy) is 1. The Kier molecular flexibility index (Phi) is 6.46. The fourth-order valence-corrected chi connectivity index (χ4v) is 4.60. The molecule has 7 nitrogen and oxygen atoms in total. The number of benzene rings is 1. The number of anilines is 1. The summed E-state index contributed by atoms with van der Waals surface area (Å²) in [6.45, 7) is 7.33. The standard InChI is InChI=1S/C25H30N4O3/c1-4-29-18(2)17-20(30)23(25(29)31)24(19-9-5-6-10-21(19)32-3)28-15-13-27(14-16-28)22-11-7-8-12-26-22/h5-12,17,24,30H,4,13-16H2,1-3H3. The van der Waals surface area contributed by atoms with Gasteiger partial charge in [-0.25, -0.2) is 4.98 Å². The average Bonchev–Trinajstić information content (AvgIpc) is 2.82. The van der Waals surface area contributed by atoms with E-state index in [-0.39, 0.29) is 11.3 Å². The molecular formula is C25H30N4O3. The molecule has 1 saturated heterocycles. The monoisotopic (exact) mass is 434 g/mol. The molecule has 32 heavy (non-hydrogen) atoms. The van der Waals surface area contributed by atoms with Gasteiger partial charge in [0.25, 0.3) is 5.56 Å². The summed E-state index contributed by atoms with van der Waals surface area (Å²) in [5.74, 6) is 1.68. The van der Waals surface area contributed by atoms with E-state index in [2.05, 4.69) is 14.8 Å². The SMILES string of the molecule is CCn1c(C)cc(O)c(C(c2ccccc2OC)N2CCN(c3ccccn3)CC2)c1=O. The zero-order valence-electron chi connectivity index (χ0n) is 18.9. The maximum Gasteiger partial charge on any atom is 0.259 e. The van der Waals surface area contributed by atoms with E-state index < -0.39 is 6.04 Å². The van der Waals surface area contributed by atoms with Gasteiger partial charge in [0.1, 0.15) is 17.3 Å². The van der Waals surface area contributed by atoms with Gasteiger partial charge in [-0.05, 0) is 38.1 Å². The number of aromatic nitrogens is 2. The van der Waals surface area contributed by atoms with Crippen molar-refractivity contribution in [3.8, 4) is 11.5 Å². The number of piperazine rings is 1. The van der Waals surface area contributed by atoms with Crippen LogP contribution in [0.15, 0.2) is 59.5 Å². The van der Waals surface area contributed by atoms with Gasteiger partial charge in [-0.2, -0.15) is 0 Å². The largest absolute Gasteiger partial charge is 0.507 e. The fraction of sp³-hybridized carbons (Fsp3) is 0.360. The Bertz CT molecular complexity index is 1120. The van der Waals surface area contributed by atoms with Gasteiger partial charge in [0.05, 0.1) is 18.7 Å². The second kappa shape index (κ2) is 9.44. The molecular weight excluding hydrogens is 404 g/mol. The highest BCUT2D eigenvalue weighted by Gasteiger charge is 2.33. The zero-order chi connectivity index (χ0) is 22.7. The van der Waals surface area contributed by atoms with Crippen LogP contribution in [0.2, 0.25) is 0 Å². The molecule has 1 aromatic carbocycles. The lowest BCUT2D eigenvalue weighted by Gasteiger charge is -2.40. The van der Waals surface area contributed by atoms with Crippen LogP contribution in [0.3, 0.4) is 0 Å². The molecule has 1 aliphatic heterocycles. The Hall–Kier alpha value is -3.32. The first-order chi connectivity index (χ1) is 15.5. The van der Waals surface area contributed by atoms with Crippen LogP contribution in [-0.2, 0) is 6.54 Å². The minimum atomic E-state index is -0.414. The number of methoxy groups -OCH3 is 1. The summed E-state index contributed by atoms with van der Waals surface area (Å²) in [4.78, 5) is 22.5. The van der Waals surface area contributed by atoms with E-state index in [4.69, 9.17) is 4.74 Å². The number of para-hydroxylation sites is 1. The van der Waals surface area contributed by atoms with Crippen molar-refractivity contribution < 1.29 is 9.84 Å². The molecule has 0 amide bonds. The zero-order valence-corrected chi connectivity index (χ0v) is 18.9. The Balaban J connectivity index is 1.77. The molecule has 1 atom stereocenters. The van der Waals surface area contributed by atoms with Crippen molar-refractivity contribution in [3.63, 3.8) is 0 Å². The molecule has 0 aliphatic carbocycles. The molecule has 2 aromatic heterocycles. The minimum Gasteiger partial charge on any atom is -0.507 e. The molecule has 3 heterocycles. The number of aryl methyl sites for hydroxylation is 1. The molecule has 7 heteroatoms. The van der Waals surface area contributed by atoms with E-state index in [0.29, 0.717) is 17.9 Å². The molecule has 0 spiro atoms. The molecule has 4 rings (SSSR count). The summed E-state index contributed by atoms with van der Waals surface area (Å²) >= 11 is 0. The van der Waals surface area contributed by atoms with E-state index in [0.717, 1.165) is 43.3 Å².